The summed E-state index contributed by atoms with van der Waals surface area (Å²) in [4.78, 5) is 21.2. The van der Waals surface area contributed by atoms with Gasteiger partial charge < -0.3 is 5.11 Å². The summed E-state index contributed by atoms with van der Waals surface area (Å²) in [5, 5.41) is 9.23. The molecule has 6 heteroatoms. The van der Waals surface area contributed by atoms with E-state index in [1.165, 1.54) is 0 Å². The van der Waals surface area contributed by atoms with Gasteiger partial charge in [0.15, 0.2) is 0 Å². The van der Waals surface area contributed by atoms with E-state index in [1.807, 2.05) is 47.1 Å². The smallest absolute Gasteiger partial charge is 0.259 e. The Balaban J connectivity index is 2.14. The largest absolute Gasteiger partial charge is 0.395 e. The average Bonchev–Trinajstić information content (AvgIpc) is 2.54. The zero-order chi connectivity index (χ0) is 15.7. The summed E-state index contributed by atoms with van der Waals surface area (Å²) in [5.41, 5.74) is 2.38. The lowest BCUT2D eigenvalue weighted by atomic mass is 10.2. The first kappa shape index (κ1) is 14.7. The van der Waals surface area contributed by atoms with Gasteiger partial charge in [-0.15, -0.1) is 0 Å². The van der Waals surface area contributed by atoms with Gasteiger partial charge in [0.1, 0.15) is 0 Å². The second kappa shape index (κ2) is 5.90. The maximum Gasteiger partial charge on any atom is 0.259 e. The van der Waals surface area contributed by atoms with Crippen LogP contribution in [-0.4, -0.2) is 39.4 Å². The summed E-state index contributed by atoms with van der Waals surface area (Å²) in [6, 6.07) is 9.87. The number of hydrogen-bond donors (Lipinski definition) is 1. The van der Waals surface area contributed by atoms with Gasteiger partial charge in [0.2, 0.25) is 5.95 Å². The van der Waals surface area contributed by atoms with E-state index in [9.17, 15) is 9.90 Å². The molecule has 1 aromatic carbocycles. The van der Waals surface area contributed by atoms with E-state index in [0.717, 1.165) is 11.4 Å². The van der Waals surface area contributed by atoms with E-state index >= 15 is 0 Å². The van der Waals surface area contributed by atoms with Crippen molar-refractivity contribution in [3.8, 4) is 0 Å². The van der Waals surface area contributed by atoms with Crippen molar-refractivity contribution >= 4 is 11.6 Å². The highest BCUT2D eigenvalue weighted by Crippen LogP contribution is 2.26. The number of para-hydroxylation sites is 1. The second-order valence-electron chi connectivity index (χ2n) is 5.52. The van der Waals surface area contributed by atoms with Gasteiger partial charge in [-0.3, -0.25) is 19.2 Å². The zero-order valence-corrected chi connectivity index (χ0v) is 12.9. The van der Waals surface area contributed by atoms with Crippen molar-refractivity contribution in [1.82, 2.24) is 14.5 Å². The highest BCUT2D eigenvalue weighted by Gasteiger charge is 2.26. The molecule has 0 saturated carbocycles. The predicted molar refractivity (Wildman–Crippen MR) is 85.2 cm³/mol. The van der Waals surface area contributed by atoms with Crippen molar-refractivity contribution in [3.05, 3.63) is 51.9 Å². The molecule has 0 atom stereocenters. The van der Waals surface area contributed by atoms with Crippen molar-refractivity contribution in [3.63, 3.8) is 0 Å². The van der Waals surface area contributed by atoms with Crippen molar-refractivity contribution in [2.45, 2.75) is 20.5 Å². The van der Waals surface area contributed by atoms with Gasteiger partial charge in [-0.2, -0.15) is 0 Å². The van der Waals surface area contributed by atoms with Gasteiger partial charge in [-0.1, -0.05) is 18.2 Å². The van der Waals surface area contributed by atoms with Crippen LogP contribution in [0.1, 0.15) is 11.3 Å². The van der Waals surface area contributed by atoms with E-state index in [4.69, 9.17) is 0 Å². The first-order valence-corrected chi connectivity index (χ1v) is 7.35. The summed E-state index contributed by atoms with van der Waals surface area (Å²) >= 11 is 0. The maximum atomic E-state index is 12.6. The van der Waals surface area contributed by atoms with Crippen LogP contribution in [0.4, 0.5) is 11.6 Å². The fourth-order valence-corrected chi connectivity index (χ4v) is 2.67. The molecule has 6 nitrogen and oxygen atoms in total. The normalized spacial score (nSPS) is 15.0. The van der Waals surface area contributed by atoms with Gasteiger partial charge in [0.25, 0.3) is 5.56 Å². The number of nitrogens with zero attached hydrogens (tertiary/aromatic N) is 4. The molecule has 0 bridgehead atoms. The summed E-state index contributed by atoms with van der Waals surface area (Å²) in [6.07, 6.45) is 0. The number of aliphatic hydroxyl groups excluding tert-OH is 1. The van der Waals surface area contributed by atoms with Crippen LogP contribution in [0.2, 0.25) is 0 Å². The van der Waals surface area contributed by atoms with Crippen molar-refractivity contribution in [2.24, 2.45) is 0 Å². The van der Waals surface area contributed by atoms with E-state index in [-0.39, 0.29) is 12.2 Å². The number of rotatable bonds is 3. The summed E-state index contributed by atoms with van der Waals surface area (Å²) < 4.78 is 1.68. The molecule has 1 N–H and O–H groups in total. The van der Waals surface area contributed by atoms with Crippen LogP contribution in [0.15, 0.2) is 35.1 Å². The van der Waals surface area contributed by atoms with E-state index in [1.54, 1.807) is 11.5 Å². The van der Waals surface area contributed by atoms with Crippen LogP contribution < -0.4 is 10.5 Å². The Morgan fingerprint density at radius 2 is 1.91 bits per heavy atom. The Morgan fingerprint density at radius 3 is 2.59 bits per heavy atom. The van der Waals surface area contributed by atoms with Crippen LogP contribution in [0, 0.1) is 13.8 Å². The Bertz CT molecular complexity index is 727. The molecule has 0 fully saturated rings. The van der Waals surface area contributed by atoms with Gasteiger partial charge in [-0.05, 0) is 26.0 Å². The van der Waals surface area contributed by atoms with E-state index < -0.39 is 0 Å². The highest BCUT2D eigenvalue weighted by atomic mass is 16.3. The molecule has 1 aromatic heterocycles. The lowest BCUT2D eigenvalue weighted by Gasteiger charge is -2.38. The number of anilines is 2. The summed E-state index contributed by atoms with van der Waals surface area (Å²) in [7, 11) is 0. The fourth-order valence-electron chi connectivity index (χ4n) is 2.67. The second-order valence-corrected chi connectivity index (χ2v) is 5.52. The molecule has 22 heavy (non-hydrogen) atoms. The SMILES string of the molecule is Cc1nc2n(c(=O)c1C)CN(CCO)CN2c1ccccc1. The third kappa shape index (κ3) is 2.51. The highest BCUT2D eigenvalue weighted by molar-refractivity contribution is 5.58. The molecule has 0 unspecified atom stereocenters. The van der Waals surface area contributed by atoms with Crippen LogP contribution in [0.3, 0.4) is 0 Å². The van der Waals surface area contributed by atoms with Gasteiger partial charge in [-0.25, -0.2) is 4.98 Å². The fraction of sp³-hybridized carbons (Fsp3) is 0.375. The van der Waals surface area contributed by atoms with Gasteiger partial charge >= 0.3 is 0 Å². The molecule has 0 saturated heterocycles. The standard InChI is InChI=1S/C16H20N4O2/c1-12-13(2)17-16-19(14-6-4-3-5-7-14)10-18(8-9-21)11-20(16)15(12)22/h3-7,21H,8-11H2,1-2H3. The summed E-state index contributed by atoms with van der Waals surface area (Å²) in [5.74, 6) is 0.661. The summed E-state index contributed by atoms with van der Waals surface area (Å²) in [6.45, 7) is 5.29. The number of fused-ring (bicyclic) bond motifs is 1. The number of benzene rings is 1. The average molecular weight is 300 g/mol. The third-order valence-corrected chi connectivity index (χ3v) is 4.03. The molecule has 3 rings (SSSR count). The van der Waals surface area contributed by atoms with Crippen LogP contribution in [0.5, 0.6) is 0 Å². The molecule has 2 aromatic rings. The molecular formula is C16H20N4O2. The van der Waals surface area contributed by atoms with Crippen molar-refractivity contribution in [2.75, 3.05) is 24.7 Å². The van der Waals surface area contributed by atoms with Crippen LogP contribution >= 0.6 is 0 Å². The minimum absolute atomic E-state index is 0.0222. The Labute approximate surface area is 129 Å². The minimum atomic E-state index is -0.0222. The Kier molecular flexibility index (Phi) is 3.96. The number of aryl methyl sites for hydroxylation is 1. The molecule has 2 heterocycles. The quantitative estimate of drug-likeness (QED) is 0.923. The van der Waals surface area contributed by atoms with Crippen molar-refractivity contribution in [1.29, 1.82) is 0 Å². The zero-order valence-electron chi connectivity index (χ0n) is 12.9. The topological polar surface area (TPSA) is 61.6 Å². The van der Waals surface area contributed by atoms with E-state index in [2.05, 4.69) is 4.98 Å². The minimum Gasteiger partial charge on any atom is -0.395 e. The van der Waals surface area contributed by atoms with Gasteiger partial charge in [0, 0.05) is 23.5 Å². The number of hydrogen-bond acceptors (Lipinski definition) is 5. The van der Waals surface area contributed by atoms with Gasteiger partial charge in [0.05, 0.1) is 19.9 Å². The first-order valence-electron chi connectivity index (χ1n) is 7.35. The third-order valence-electron chi connectivity index (χ3n) is 4.03. The monoisotopic (exact) mass is 300 g/mol. The van der Waals surface area contributed by atoms with Crippen LogP contribution in [-0.2, 0) is 6.67 Å². The predicted octanol–water partition coefficient (Wildman–Crippen LogP) is 1.22. The molecule has 0 amide bonds. The van der Waals surface area contributed by atoms with Crippen LogP contribution in [0.25, 0.3) is 0 Å². The molecule has 0 spiro atoms. The molecule has 116 valence electrons. The lowest BCUT2D eigenvalue weighted by molar-refractivity contribution is 0.152. The molecule has 0 aliphatic carbocycles. The molecule has 1 aliphatic rings. The number of β-amino-alcohol motifs (C(OH)–C–C–N with tert-alkyl or cyclic N) is 1. The first-order chi connectivity index (χ1) is 10.6. The molecule has 1 aliphatic heterocycles. The number of aromatic nitrogens is 2. The van der Waals surface area contributed by atoms with E-state index in [0.29, 0.717) is 31.4 Å². The Morgan fingerprint density at radius 1 is 1.18 bits per heavy atom. The molecular weight excluding hydrogens is 280 g/mol. The Hall–Kier alpha value is -2.18. The molecule has 0 radical (unpaired) electrons. The lowest BCUT2D eigenvalue weighted by Crippen LogP contribution is -2.48. The number of aliphatic hydroxyl groups is 1. The van der Waals surface area contributed by atoms with Crippen molar-refractivity contribution < 1.29 is 5.11 Å². The maximum absolute atomic E-state index is 12.6.